The zero-order valence-electron chi connectivity index (χ0n) is 15.7. The molecule has 3 aromatic rings. The molecule has 3 rings (SSSR count). The second-order valence-electron chi connectivity index (χ2n) is 6.33. The van der Waals surface area contributed by atoms with E-state index in [4.69, 9.17) is 16.6 Å². The van der Waals surface area contributed by atoms with Gasteiger partial charge >= 0.3 is 0 Å². The normalized spacial score (nSPS) is 10.2. The lowest BCUT2D eigenvalue weighted by Gasteiger charge is -2.11. The predicted octanol–water partition coefficient (Wildman–Crippen LogP) is 3.66. The maximum Gasteiger partial charge on any atom is 0.251 e. The van der Waals surface area contributed by atoms with Crippen LogP contribution < -0.4 is 16.0 Å². The van der Waals surface area contributed by atoms with Gasteiger partial charge in [-0.1, -0.05) is 36.4 Å². The molecule has 0 fully saturated rings. The fraction of sp³-hybridized carbons (Fsp3) is 0.136. The van der Waals surface area contributed by atoms with Crippen molar-refractivity contribution in [1.29, 1.82) is 0 Å². The van der Waals surface area contributed by atoms with E-state index in [1.165, 1.54) is 0 Å². The lowest BCUT2D eigenvalue weighted by Crippen LogP contribution is -2.34. The fourth-order valence-electron chi connectivity index (χ4n) is 2.67. The van der Waals surface area contributed by atoms with E-state index >= 15 is 0 Å². The average molecular weight is 407 g/mol. The van der Waals surface area contributed by atoms with Crippen LogP contribution in [0.25, 0.3) is 0 Å². The molecule has 0 atom stereocenters. The molecule has 29 heavy (non-hydrogen) atoms. The summed E-state index contributed by atoms with van der Waals surface area (Å²) in [6, 6.07) is 20.2. The van der Waals surface area contributed by atoms with Crippen molar-refractivity contribution in [2.45, 2.75) is 19.4 Å². The maximum absolute atomic E-state index is 12.3. The molecule has 1 heterocycles. The van der Waals surface area contributed by atoms with Gasteiger partial charge in [-0.3, -0.25) is 9.59 Å². The number of rotatable bonds is 7. The monoisotopic (exact) mass is 407 g/mol. The second-order valence-corrected chi connectivity index (χ2v) is 6.74. The van der Waals surface area contributed by atoms with Crippen LogP contribution in [0.15, 0.2) is 77.4 Å². The zero-order valence-corrected chi connectivity index (χ0v) is 16.5. The number of nitrogens with one attached hydrogen (secondary N) is 3. The minimum Gasteiger partial charge on any atom is -0.467 e. The van der Waals surface area contributed by atoms with Crippen LogP contribution in [0.5, 0.6) is 0 Å². The molecule has 0 aliphatic heterocycles. The lowest BCUT2D eigenvalue weighted by atomic mass is 10.1. The van der Waals surface area contributed by atoms with Crippen molar-refractivity contribution >= 4 is 34.8 Å². The van der Waals surface area contributed by atoms with Gasteiger partial charge in [0.2, 0.25) is 5.91 Å². The molecule has 0 saturated carbocycles. The Labute approximate surface area is 174 Å². The van der Waals surface area contributed by atoms with Gasteiger partial charge in [-0.05, 0) is 54.5 Å². The molecule has 0 unspecified atom stereocenters. The molecule has 2 aromatic carbocycles. The third kappa shape index (κ3) is 6.58. The first-order chi connectivity index (χ1) is 14.1. The molecule has 148 valence electrons. The summed E-state index contributed by atoms with van der Waals surface area (Å²) in [6.07, 6.45) is 2.53. The Kier molecular flexibility index (Phi) is 7.13. The van der Waals surface area contributed by atoms with E-state index in [2.05, 4.69) is 16.0 Å². The number of amides is 2. The third-order valence-electron chi connectivity index (χ3n) is 4.12. The van der Waals surface area contributed by atoms with Crippen molar-refractivity contribution in [2.24, 2.45) is 0 Å². The Morgan fingerprint density at radius 3 is 2.55 bits per heavy atom. The topological polar surface area (TPSA) is 83.4 Å². The molecule has 0 aliphatic carbocycles. The molecule has 7 heteroatoms. The molecule has 0 bridgehead atoms. The van der Waals surface area contributed by atoms with E-state index < -0.39 is 0 Å². The molecule has 0 radical (unpaired) electrons. The smallest absolute Gasteiger partial charge is 0.251 e. The summed E-state index contributed by atoms with van der Waals surface area (Å²) in [6.45, 7) is 0.305. The first-order valence-electron chi connectivity index (χ1n) is 9.15. The van der Waals surface area contributed by atoms with Crippen molar-refractivity contribution in [3.8, 4) is 0 Å². The highest BCUT2D eigenvalue weighted by Crippen LogP contribution is 2.11. The van der Waals surface area contributed by atoms with Gasteiger partial charge in [0.1, 0.15) is 5.76 Å². The van der Waals surface area contributed by atoms with Gasteiger partial charge < -0.3 is 20.4 Å². The largest absolute Gasteiger partial charge is 0.467 e. The molecule has 3 N–H and O–H groups in total. The highest BCUT2D eigenvalue weighted by atomic mass is 32.1. The summed E-state index contributed by atoms with van der Waals surface area (Å²) in [5.74, 6) is 0.272. The molecule has 0 aliphatic rings. The molecule has 0 saturated heterocycles. The Morgan fingerprint density at radius 2 is 1.79 bits per heavy atom. The highest BCUT2D eigenvalue weighted by molar-refractivity contribution is 7.80. The summed E-state index contributed by atoms with van der Waals surface area (Å²) >= 11 is 5.20. The number of thiocarbonyl (C=S) groups is 1. The maximum atomic E-state index is 12.3. The molecule has 0 spiro atoms. The Morgan fingerprint density at radius 1 is 0.966 bits per heavy atom. The molecular weight excluding hydrogens is 386 g/mol. The fourth-order valence-corrected chi connectivity index (χ4v) is 2.91. The van der Waals surface area contributed by atoms with Crippen molar-refractivity contribution in [1.82, 2.24) is 10.6 Å². The van der Waals surface area contributed by atoms with Crippen LogP contribution >= 0.6 is 12.2 Å². The highest BCUT2D eigenvalue weighted by Gasteiger charge is 2.09. The number of hydrogen-bond donors (Lipinski definition) is 3. The van der Waals surface area contributed by atoms with Gasteiger partial charge in [0, 0.05) is 17.7 Å². The quantitative estimate of drug-likeness (QED) is 0.521. The van der Waals surface area contributed by atoms with Gasteiger partial charge in [-0.25, -0.2) is 0 Å². The minimum absolute atomic E-state index is 0.168. The summed E-state index contributed by atoms with van der Waals surface area (Å²) < 4.78 is 5.20. The van der Waals surface area contributed by atoms with Gasteiger partial charge in [-0.2, -0.15) is 0 Å². The van der Waals surface area contributed by atoms with Crippen molar-refractivity contribution in [3.63, 3.8) is 0 Å². The van der Waals surface area contributed by atoms with E-state index in [1.54, 1.807) is 42.7 Å². The SMILES string of the molecule is O=C(CCc1ccccc1)NC(=S)Nc1cccc(C(=O)NCc2ccco2)c1. The average Bonchev–Trinajstić information content (AvgIpc) is 3.25. The predicted molar refractivity (Wildman–Crippen MR) is 115 cm³/mol. The van der Waals surface area contributed by atoms with E-state index in [0.717, 1.165) is 5.56 Å². The van der Waals surface area contributed by atoms with E-state index in [9.17, 15) is 9.59 Å². The minimum atomic E-state index is -0.233. The first-order valence-corrected chi connectivity index (χ1v) is 9.56. The van der Waals surface area contributed by atoms with Crippen LogP contribution in [0.4, 0.5) is 5.69 Å². The van der Waals surface area contributed by atoms with Gasteiger partial charge in [0.05, 0.1) is 12.8 Å². The zero-order chi connectivity index (χ0) is 20.5. The number of furan rings is 1. The van der Waals surface area contributed by atoms with Crippen molar-refractivity contribution < 1.29 is 14.0 Å². The number of hydrogen-bond acceptors (Lipinski definition) is 4. The van der Waals surface area contributed by atoms with E-state index in [1.807, 2.05) is 30.3 Å². The third-order valence-corrected chi connectivity index (χ3v) is 4.33. The van der Waals surface area contributed by atoms with E-state index in [-0.39, 0.29) is 16.9 Å². The summed E-state index contributed by atoms with van der Waals surface area (Å²) in [7, 11) is 0. The Balaban J connectivity index is 1.47. The van der Waals surface area contributed by atoms with Gasteiger partial charge in [0.25, 0.3) is 5.91 Å². The first kappa shape index (κ1) is 20.3. The summed E-state index contributed by atoms with van der Waals surface area (Å²) in [4.78, 5) is 24.4. The Hall–Kier alpha value is -3.45. The van der Waals surface area contributed by atoms with Crippen LogP contribution in [0.3, 0.4) is 0 Å². The van der Waals surface area contributed by atoms with Crippen LogP contribution in [0.1, 0.15) is 28.1 Å². The lowest BCUT2D eigenvalue weighted by molar-refractivity contribution is -0.119. The van der Waals surface area contributed by atoms with Crippen LogP contribution in [-0.4, -0.2) is 16.9 Å². The van der Waals surface area contributed by atoms with Gasteiger partial charge in [-0.15, -0.1) is 0 Å². The van der Waals surface area contributed by atoms with E-state index in [0.29, 0.717) is 36.4 Å². The standard InChI is InChI=1S/C22H21N3O3S/c26-20(12-11-16-6-2-1-3-7-16)25-22(29)24-18-9-4-8-17(14-18)21(27)23-15-19-10-5-13-28-19/h1-10,13-14H,11-12,15H2,(H,23,27)(H2,24,25,26,29). The number of carbonyl (C=O) groups excluding carboxylic acids is 2. The molecular formula is C22H21N3O3S. The number of carbonyl (C=O) groups is 2. The van der Waals surface area contributed by atoms with Crippen LogP contribution in [0, 0.1) is 0 Å². The van der Waals surface area contributed by atoms with Crippen molar-refractivity contribution in [3.05, 3.63) is 89.9 Å². The molecule has 1 aromatic heterocycles. The summed E-state index contributed by atoms with van der Waals surface area (Å²) in [5.41, 5.74) is 2.18. The van der Waals surface area contributed by atoms with Crippen LogP contribution in [0.2, 0.25) is 0 Å². The molecule has 2 amide bonds. The summed E-state index contributed by atoms with van der Waals surface area (Å²) in [5, 5.41) is 8.57. The van der Waals surface area contributed by atoms with Gasteiger partial charge in [0.15, 0.2) is 5.11 Å². The number of benzene rings is 2. The van der Waals surface area contributed by atoms with Crippen molar-refractivity contribution in [2.75, 3.05) is 5.32 Å². The molecule has 6 nitrogen and oxygen atoms in total. The Bertz CT molecular complexity index is 972. The van der Waals surface area contributed by atoms with Crippen LogP contribution in [-0.2, 0) is 17.8 Å². The number of aryl methyl sites for hydroxylation is 1. The number of anilines is 1. The second kappa shape index (κ2) is 10.2.